The van der Waals surface area contributed by atoms with Crippen LogP contribution in [0.1, 0.15) is 5.56 Å². The first kappa shape index (κ1) is 12.4. The molecule has 0 radical (unpaired) electrons. The number of rotatable bonds is 4. The van der Waals surface area contributed by atoms with E-state index >= 15 is 0 Å². The van der Waals surface area contributed by atoms with Gasteiger partial charge in [-0.15, -0.1) is 14.8 Å². The Bertz CT molecular complexity index is 879. The zero-order valence-electron chi connectivity index (χ0n) is 11.4. The fraction of sp³-hybridized carbons (Fsp3) is 0.0769. The minimum absolute atomic E-state index is 0.608. The van der Waals surface area contributed by atoms with Gasteiger partial charge in [-0.2, -0.15) is 0 Å². The SMILES string of the molecule is c1cn(-c2ccc(CNc3ccc4nnnn4n3)cn2)cn1. The lowest BCUT2D eigenvalue weighted by molar-refractivity contribution is 0.734. The van der Waals surface area contributed by atoms with E-state index in [9.17, 15) is 0 Å². The van der Waals surface area contributed by atoms with Gasteiger partial charge in [0.15, 0.2) is 5.65 Å². The Morgan fingerprint density at radius 1 is 1.14 bits per heavy atom. The minimum atomic E-state index is 0.608. The van der Waals surface area contributed by atoms with Crippen molar-refractivity contribution in [2.45, 2.75) is 6.54 Å². The van der Waals surface area contributed by atoms with E-state index in [2.05, 4.69) is 35.9 Å². The van der Waals surface area contributed by atoms with E-state index in [1.807, 2.05) is 35.2 Å². The van der Waals surface area contributed by atoms with Crippen LogP contribution >= 0.6 is 0 Å². The average molecular weight is 293 g/mol. The molecule has 0 aliphatic rings. The topological polar surface area (TPSA) is 98.7 Å². The van der Waals surface area contributed by atoms with Gasteiger partial charge in [-0.25, -0.2) is 9.97 Å². The second-order valence-corrected chi connectivity index (χ2v) is 4.59. The summed E-state index contributed by atoms with van der Waals surface area (Å²) in [6.45, 7) is 0.609. The lowest BCUT2D eigenvalue weighted by Gasteiger charge is -2.06. The van der Waals surface area contributed by atoms with Crippen LogP contribution in [0.4, 0.5) is 5.82 Å². The molecule has 0 unspecified atom stereocenters. The minimum Gasteiger partial charge on any atom is -0.364 e. The zero-order valence-corrected chi connectivity index (χ0v) is 11.4. The first-order valence-corrected chi connectivity index (χ1v) is 6.61. The number of nitrogens with one attached hydrogen (secondary N) is 1. The van der Waals surface area contributed by atoms with Crippen molar-refractivity contribution in [3.05, 3.63) is 54.7 Å². The molecule has 4 aromatic heterocycles. The highest BCUT2D eigenvalue weighted by molar-refractivity contribution is 5.42. The van der Waals surface area contributed by atoms with Crippen molar-refractivity contribution < 1.29 is 0 Å². The summed E-state index contributed by atoms with van der Waals surface area (Å²) >= 11 is 0. The van der Waals surface area contributed by atoms with Gasteiger partial charge in [0, 0.05) is 25.1 Å². The summed E-state index contributed by atoms with van der Waals surface area (Å²) in [7, 11) is 0. The molecule has 0 spiro atoms. The molecule has 1 N–H and O–H groups in total. The largest absolute Gasteiger partial charge is 0.364 e. The predicted octanol–water partition coefficient (Wildman–Crippen LogP) is 0.712. The van der Waals surface area contributed by atoms with Gasteiger partial charge in [-0.1, -0.05) is 6.07 Å². The number of hydrogen-bond acceptors (Lipinski definition) is 7. The summed E-state index contributed by atoms with van der Waals surface area (Å²) in [6.07, 6.45) is 7.10. The summed E-state index contributed by atoms with van der Waals surface area (Å²) in [5.74, 6) is 1.52. The quantitative estimate of drug-likeness (QED) is 0.591. The molecule has 0 amide bonds. The molecule has 0 aromatic carbocycles. The van der Waals surface area contributed by atoms with Gasteiger partial charge in [0.1, 0.15) is 18.0 Å². The van der Waals surface area contributed by atoms with Gasteiger partial charge >= 0.3 is 0 Å². The van der Waals surface area contributed by atoms with Crippen molar-refractivity contribution in [3.63, 3.8) is 0 Å². The van der Waals surface area contributed by atoms with E-state index in [-0.39, 0.29) is 0 Å². The van der Waals surface area contributed by atoms with E-state index < -0.39 is 0 Å². The first-order valence-electron chi connectivity index (χ1n) is 6.61. The normalized spacial score (nSPS) is 10.9. The van der Waals surface area contributed by atoms with Crippen LogP contribution in [0.3, 0.4) is 0 Å². The first-order chi connectivity index (χ1) is 10.9. The number of anilines is 1. The Morgan fingerprint density at radius 3 is 2.95 bits per heavy atom. The molecule has 0 saturated heterocycles. The van der Waals surface area contributed by atoms with Crippen LogP contribution in [0.25, 0.3) is 11.5 Å². The van der Waals surface area contributed by atoms with Crippen molar-refractivity contribution >= 4 is 11.5 Å². The lowest BCUT2D eigenvalue weighted by Crippen LogP contribution is -2.05. The summed E-state index contributed by atoms with van der Waals surface area (Å²) in [4.78, 5) is 8.40. The highest BCUT2D eigenvalue weighted by Gasteiger charge is 2.02. The van der Waals surface area contributed by atoms with Crippen molar-refractivity contribution in [1.82, 2.24) is 39.8 Å². The molecule has 22 heavy (non-hydrogen) atoms. The number of hydrogen-bond donors (Lipinski definition) is 1. The number of pyridine rings is 1. The number of imidazole rings is 1. The predicted molar refractivity (Wildman–Crippen MR) is 77.3 cm³/mol. The smallest absolute Gasteiger partial charge is 0.200 e. The van der Waals surface area contributed by atoms with E-state index in [0.717, 1.165) is 11.4 Å². The van der Waals surface area contributed by atoms with Crippen LogP contribution in [0.15, 0.2) is 49.2 Å². The number of aromatic nitrogens is 8. The van der Waals surface area contributed by atoms with Gasteiger partial charge < -0.3 is 5.32 Å². The van der Waals surface area contributed by atoms with Gasteiger partial charge in [0.05, 0.1) is 0 Å². The van der Waals surface area contributed by atoms with Crippen LogP contribution in [-0.2, 0) is 6.54 Å². The van der Waals surface area contributed by atoms with Gasteiger partial charge in [0.2, 0.25) is 0 Å². The summed E-state index contributed by atoms with van der Waals surface area (Å²) < 4.78 is 3.23. The third-order valence-corrected chi connectivity index (χ3v) is 3.12. The standard InChI is InChI=1S/C13H11N9/c1-3-12(21-6-5-14-9-21)16-8-10(1)7-15-11-2-4-13-17-19-20-22(13)18-11/h1-6,8-9H,7H2,(H,15,18). The van der Waals surface area contributed by atoms with Crippen LogP contribution in [0.5, 0.6) is 0 Å². The third kappa shape index (κ3) is 2.35. The van der Waals surface area contributed by atoms with Crippen molar-refractivity contribution in [2.75, 3.05) is 5.32 Å². The molecule has 4 heterocycles. The van der Waals surface area contributed by atoms with Gasteiger partial charge in [0.25, 0.3) is 0 Å². The maximum Gasteiger partial charge on any atom is 0.200 e. The summed E-state index contributed by atoms with van der Waals surface area (Å²) in [5.41, 5.74) is 1.65. The van der Waals surface area contributed by atoms with Crippen molar-refractivity contribution in [1.29, 1.82) is 0 Å². The Balaban J connectivity index is 1.46. The fourth-order valence-corrected chi connectivity index (χ4v) is 2.01. The number of fused-ring (bicyclic) bond motifs is 1. The molecule has 108 valence electrons. The van der Waals surface area contributed by atoms with Crippen LogP contribution < -0.4 is 5.32 Å². The van der Waals surface area contributed by atoms with E-state index in [4.69, 9.17) is 0 Å². The number of nitrogens with zero attached hydrogens (tertiary/aromatic N) is 8. The van der Waals surface area contributed by atoms with Crippen molar-refractivity contribution in [2.24, 2.45) is 0 Å². The molecule has 0 atom stereocenters. The Labute approximate surface area is 124 Å². The molecule has 0 saturated carbocycles. The second kappa shape index (κ2) is 5.20. The Hall–Kier alpha value is -3.36. The molecule has 0 aliphatic heterocycles. The fourth-order valence-electron chi connectivity index (χ4n) is 2.01. The summed E-state index contributed by atoms with van der Waals surface area (Å²) in [5, 5.41) is 18.6. The molecule has 4 rings (SSSR count). The molecule has 0 bridgehead atoms. The van der Waals surface area contributed by atoms with Gasteiger partial charge in [-0.3, -0.25) is 4.57 Å². The molecule has 9 heteroatoms. The molecular weight excluding hydrogens is 282 g/mol. The highest BCUT2D eigenvalue weighted by Crippen LogP contribution is 2.08. The Kier molecular flexibility index (Phi) is 2.93. The summed E-state index contributed by atoms with van der Waals surface area (Å²) in [6, 6.07) is 7.58. The molecular formula is C13H11N9. The maximum atomic E-state index is 4.40. The highest BCUT2D eigenvalue weighted by atomic mass is 15.6. The number of tetrazole rings is 1. The van der Waals surface area contributed by atoms with Gasteiger partial charge in [-0.05, 0) is 34.2 Å². The second-order valence-electron chi connectivity index (χ2n) is 4.59. The average Bonchev–Trinajstić information content (AvgIpc) is 3.24. The van der Waals surface area contributed by atoms with E-state index in [1.165, 1.54) is 4.63 Å². The maximum absolute atomic E-state index is 4.40. The third-order valence-electron chi connectivity index (χ3n) is 3.12. The van der Waals surface area contributed by atoms with Crippen LogP contribution in [0.2, 0.25) is 0 Å². The molecule has 4 aromatic rings. The van der Waals surface area contributed by atoms with E-state index in [1.54, 1.807) is 18.6 Å². The molecule has 0 fully saturated rings. The van der Waals surface area contributed by atoms with Crippen LogP contribution in [0, 0.1) is 0 Å². The lowest BCUT2D eigenvalue weighted by atomic mass is 10.3. The van der Waals surface area contributed by atoms with Crippen molar-refractivity contribution in [3.8, 4) is 5.82 Å². The molecule has 0 aliphatic carbocycles. The molecule has 9 nitrogen and oxygen atoms in total. The zero-order chi connectivity index (χ0) is 14.8. The Morgan fingerprint density at radius 2 is 2.14 bits per heavy atom. The van der Waals surface area contributed by atoms with Crippen LogP contribution in [-0.4, -0.2) is 39.8 Å². The van der Waals surface area contributed by atoms with E-state index in [0.29, 0.717) is 18.0 Å². The monoisotopic (exact) mass is 293 g/mol.